The van der Waals surface area contributed by atoms with Crippen molar-refractivity contribution in [2.24, 2.45) is 0 Å². The summed E-state index contributed by atoms with van der Waals surface area (Å²) in [4.78, 5) is 15.0. The zero-order valence-electron chi connectivity index (χ0n) is 9.77. The van der Waals surface area contributed by atoms with Gasteiger partial charge in [-0.1, -0.05) is 6.07 Å². The fraction of sp³-hybridized carbons (Fsp3) is 0.455. The molecule has 7 heteroatoms. The lowest BCUT2D eigenvalue weighted by atomic mass is 10.3. The Kier molecular flexibility index (Phi) is 5.44. The van der Waals surface area contributed by atoms with Crippen LogP contribution >= 0.6 is 0 Å². The molecular weight excluding hydrogens is 246 g/mol. The van der Waals surface area contributed by atoms with Crippen molar-refractivity contribution < 1.29 is 23.4 Å². The molecule has 1 aromatic heterocycles. The van der Waals surface area contributed by atoms with Crippen LogP contribution in [-0.2, 0) is 11.3 Å². The summed E-state index contributed by atoms with van der Waals surface area (Å²) < 4.78 is 28.6. The number of aromatic nitrogens is 1. The Hall–Kier alpha value is -1.76. The van der Waals surface area contributed by atoms with Gasteiger partial charge in [-0.25, -0.2) is 13.8 Å². The Balaban J connectivity index is 2.51. The quantitative estimate of drug-likeness (QED) is 0.790. The number of carbonyl (C=O) groups is 1. The van der Waals surface area contributed by atoms with E-state index >= 15 is 0 Å². The molecule has 0 aliphatic heterocycles. The number of pyridine rings is 1. The first-order chi connectivity index (χ1) is 8.49. The van der Waals surface area contributed by atoms with Crippen LogP contribution in [0.1, 0.15) is 12.6 Å². The number of nitrogens with one attached hydrogen (secondary N) is 1. The minimum atomic E-state index is -2.56. The number of halogens is 2. The maximum Gasteiger partial charge on any atom is 0.272 e. The van der Waals surface area contributed by atoms with Crippen molar-refractivity contribution in [3.05, 3.63) is 23.9 Å². The zero-order valence-corrected chi connectivity index (χ0v) is 9.77. The van der Waals surface area contributed by atoms with Crippen molar-refractivity contribution in [2.45, 2.75) is 26.0 Å². The van der Waals surface area contributed by atoms with Crippen molar-refractivity contribution in [2.75, 3.05) is 6.61 Å². The molecule has 1 rings (SSSR count). The Labute approximate surface area is 103 Å². The maximum atomic E-state index is 11.9. The molecule has 0 saturated heterocycles. The second-order valence-corrected chi connectivity index (χ2v) is 3.56. The van der Waals surface area contributed by atoms with E-state index in [-0.39, 0.29) is 12.4 Å². The predicted octanol–water partition coefficient (Wildman–Crippen LogP) is 0.722. The molecule has 18 heavy (non-hydrogen) atoms. The molecular formula is C11H14F2N2O3. The van der Waals surface area contributed by atoms with Gasteiger partial charge in [-0.3, -0.25) is 4.79 Å². The highest BCUT2D eigenvalue weighted by Crippen LogP contribution is 2.08. The number of rotatable bonds is 6. The number of carbonyl (C=O) groups excluding carboxylic acids is 1. The van der Waals surface area contributed by atoms with E-state index in [0.717, 1.165) is 0 Å². The molecule has 0 aliphatic carbocycles. The van der Waals surface area contributed by atoms with Gasteiger partial charge < -0.3 is 15.2 Å². The van der Waals surface area contributed by atoms with Gasteiger partial charge in [0.05, 0.1) is 12.2 Å². The first kappa shape index (κ1) is 14.3. The Morgan fingerprint density at radius 2 is 2.28 bits per heavy atom. The van der Waals surface area contributed by atoms with Crippen LogP contribution in [0.4, 0.5) is 8.78 Å². The molecule has 0 aliphatic rings. The number of nitrogens with zero attached hydrogens (tertiary/aromatic N) is 1. The molecule has 0 spiro atoms. The molecule has 5 nitrogen and oxygen atoms in total. The summed E-state index contributed by atoms with van der Waals surface area (Å²) in [6.45, 7) is 0.705. The smallest absolute Gasteiger partial charge is 0.272 e. The molecule has 0 radical (unpaired) electrons. The minimum absolute atomic E-state index is 0.0686. The topological polar surface area (TPSA) is 71.5 Å². The highest BCUT2D eigenvalue weighted by Gasteiger charge is 2.09. The van der Waals surface area contributed by atoms with Crippen molar-refractivity contribution in [3.63, 3.8) is 0 Å². The first-order valence-corrected chi connectivity index (χ1v) is 5.31. The Morgan fingerprint density at radius 1 is 1.56 bits per heavy atom. The molecule has 1 unspecified atom stereocenters. The van der Waals surface area contributed by atoms with Crippen molar-refractivity contribution in [1.29, 1.82) is 0 Å². The molecule has 0 bridgehead atoms. The van der Waals surface area contributed by atoms with E-state index in [1.165, 1.54) is 13.0 Å². The van der Waals surface area contributed by atoms with Crippen LogP contribution in [0.3, 0.4) is 0 Å². The van der Waals surface area contributed by atoms with Crippen LogP contribution in [0.2, 0.25) is 0 Å². The summed E-state index contributed by atoms with van der Waals surface area (Å²) in [7, 11) is 0. The maximum absolute atomic E-state index is 11.9. The average Bonchev–Trinajstić information content (AvgIpc) is 2.33. The van der Waals surface area contributed by atoms with Gasteiger partial charge in [0.25, 0.3) is 6.43 Å². The molecule has 1 amide bonds. The Morgan fingerprint density at radius 3 is 2.89 bits per heavy atom. The van der Waals surface area contributed by atoms with Gasteiger partial charge in [-0.15, -0.1) is 0 Å². The monoisotopic (exact) mass is 260 g/mol. The fourth-order valence-electron chi connectivity index (χ4n) is 1.11. The zero-order chi connectivity index (χ0) is 13.5. The van der Waals surface area contributed by atoms with Gasteiger partial charge >= 0.3 is 0 Å². The van der Waals surface area contributed by atoms with Crippen molar-refractivity contribution in [1.82, 2.24) is 10.3 Å². The average molecular weight is 260 g/mol. The molecule has 1 atom stereocenters. The van der Waals surface area contributed by atoms with E-state index in [4.69, 9.17) is 9.84 Å². The molecule has 0 saturated carbocycles. The number of amides is 1. The molecule has 1 heterocycles. The Bertz CT molecular complexity index is 400. The second kappa shape index (κ2) is 6.85. The van der Waals surface area contributed by atoms with Crippen molar-refractivity contribution in [3.8, 4) is 5.88 Å². The van der Waals surface area contributed by atoms with Crippen LogP contribution in [0.25, 0.3) is 0 Å². The summed E-state index contributed by atoms with van der Waals surface area (Å²) in [5.74, 6) is -0.463. The van der Waals surface area contributed by atoms with E-state index < -0.39 is 25.0 Å². The normalized spacial score (nSPS) is 12.3. The molecule has 0 aromatic carbocycles. The standard InChI is InChI=1S/C11H14F2N2O3/c1-7(16)11(17)14-5-8-3-2-4-10(15-8)18-6-9(12)13/h2-4,7,9,16H,5-6H2,1H3,(H,14,17). The first-order valence-electron chi connectivity index (χ1n) is 5.31. The number of hydrogen-bond donors (Lipinski definition) is 2. The number of aliphatic hydroxyl groups is 1. The lowest BCUT2D eigenvalue weighted by molar-refractivity contribution is -0.128. The third-order valence-electron chi connectivity index (χ3n) is 1.96. The van der Waals surface area contributed by atoms with Gasteiger partial charge in [0, 0.05) is 6.07 Å². The highest BCUT2D eigenvalue weighted by molar-refractivity contribution is 5.79. The van der Waals surface area contributed by atoms with Gasteiger partial charge in [0.15, 0.2) is 6.61 Å². The molecule has 2 N–H and O–H groups in total. The molecule has 1 aromatic rings. The summed E-state index contributed by atoms with van der Waals surface area (Å²) in [5.41, 5.74) is 0.454. The fourth-order valence-corrected chi connectivity index (χ4v) is 1.11. The molecule has 0 fully saturated rings. The van der Waals surface area contributed by atoms with Crippen LogP contribution < -0.4 is 10.1 Å². The van der Waals surface area contributed by atoms with Crippen LogP contribution in [-0.4, -0.2) is 35.1 Å². The molecule has 100 valence electrons. The number of ether oxygens (including phenoxy) is 1. The third-order valence-corrected chi connectivity index (χ3v) is 1.96. The van der Waals surface area contributed by atoms with E-state index in [1.807, 2.05) is 0 Å². The van der Waals surface area contributed by atoms with E-state index in [9.17, 15) is 13.6 Å². The third kappa shape index (κ3) is 5.05. The van der Waals surface area contributed by atoms with E-state index in [1.54, 1.807) is 12.1 Å². The van der Waals surface area contributed by atoms with Gasteiger partial charge in [-0.05, 0) is 13.0 Å². The number of alkyl halides is 2. The lowest BCUT2D eigenvalue weighted by Gasteiger charge is -2.08. The van der Waals surface area contributed by atoms with Crippen molar-refractivity contribution >= 4 is 5.91 Å². The van der Waals surface area contributed by atoms with Gasteiger partial charge in [0.1, 0.15) is 6.10 Å². The SMILES string of the molecule is CC(O)C(=O)NCc1cccc(OCC(F)F)n1. The number of hydrogen-bond acceptors (Lipinski definition) is 4. The van der Waals surface area contributed by atoms with Crippen LogP contribution in [0.5, 0.6) is 5.88 Å². The minimum Gasteiger partial charge on any atom is -0.472 e. The second-order valence-electron chi connectivity index (χ2n) is 3.56. The summed E-state index contributed by atoms with van der Waals surface area (Å²) in [6, 6.07) is 4.64. The van der Waals surface area contributed by atoms with Crippen LogP contribution in [0, 0.1) is 0 Å². The highest BCUT2D eigenvalue weighted by atomic mass is 19.3. The van der Waals surface area contributed by atoms with E-state index in [0.29, 0.717) is 5.69 Å². The van der Waals surface area contributed by atoms with E-state index in [2.05, 4.69) is 10.3 Å². The number of aliphatic hydroxyl groups excluding tert-OH is 1. The summed E-state index contributed by atoms with van der Waals surface area (Å²) in [6.07, 6.45) is -3.67. The van der Waals surface area contributed by atoms with Gasteiger partial charge in [-0.2, -0.15) is 0 Å². The summed E-state index contributed by atoms with van der Waals surface area (Å²) >= 11 is 0. The van der Waals surface area contributed by atoms with Gasteiger partial charge in [0.2, 0.25) is 11.8 Å². The summed E-state index contributed by atoms with van der Waals surface area (Å²) in [5, 5.41) is 11.4. The van der Waals surface area contributed by atoms with Crippen LogP contribution in [0.15, 0.2) is 18.2 Å². The lowest BCUT2D eigenvalue weighted by Crippen LogP contribution is -2.32. The largest absolute Gasteiger partial charge is 0.472 e. The predicted molar refractivity (Wildman–Crippen MR) is 59.3 cm³/mol.